The van der Waals surface area contributed by atoms with E-state index in [1.807, 2.05) is 6.92 Å². The van der Waals surface area contributed by atoms with E-state index >= 15 is 0 Å². The van der Waals surface area contributed by atoms with Gasteiger partial charge in [0.05, 0.1) is 17.8 Å². The Balaban J connectivity index is 2.05. The van der Waals surface area contributed by atoms with Gasteiger partial charge in [-0.2, -0.15) is 5.10 Å². The van der Waals surface area contributed by atoms with Crippen molar-refractivity contribution in [1.82, 2.24) is 20.1 Å². The third-order valence-electron chi connectivity index (χ3n) is 3.70. The van der Waals surface area contributed by atoms with Crippen LogP contribution in [-0.2, 0) is 4.79 Å². The highest BCUT2D eigenvalue weighted by Gasteiger charge is 2.42. The molecule has 1 aromatic rings. The molecular formula is C12H17N5O3. The van der Waals surface area contributed by atoms with E-state index in [2.05, 4.69) is 20.5 Å². The number of nitrogens with zero attached hydrogens (tertiary/aromatic N) is 4. The lowest BCUT2D eigenvalue weighted by atomic mass is 9.78. The Bertz CT molecular complexity index is 495. The summed E-state index contributed by atoms with van der Waals surface area (Å²) >= 11 is 0. The fourth-order valence-corrected chi connectivity index (χ4v) is 2.40. The molecule has 2 rings (SSSR count). The lowest BCUT2D eigenvalue weighted by molar-refractivity contribution is -0.152. The molecule has 0 spiro atoms. The second kappa shape index (κ2) is 5.81. The first-order chi connectivity index (χ1) is 9.57. The Kier molecular flexibility index (Phi) is 4.11. The van der Waals surface area contributed by atoms with Crippen molar-refractivity contribution in [2.45, 2.75) is 26.2 Å². The Morgan fingerprint density at radius 3 is 2.90 bits per heavy atom. The van der Waals surface area contributed by atoms with Gasteiger partial charge >= 0.3 is 12.0 Å². The highest BCUT2D eigenvalue weighted by molar-refractivity contribution is 5.88. The van der Waals surface area contributed by atoms with Crippen molar-refractivity contribution in [1.29, 1.82) is 0 Å². The van der Waals surface area contributed by atoms with Crippen LogP contribution in [0, 0.1) is 5.41 Å². The first-order valence-corrected chi connectivity index (χ1v) is 6.50. The largest absolute Gasteiger partial charge is 0.481 e. The topological polar surface area (TPSA) is 108 Å². The van der Waals surface area contributed by atoms with Crippen LogP contribution in [0.3, 0.4) is 0 Å². The number of carbonyl (C=O) groups is 2. The molecule has 1 saturated heterocycles. The Labute approximate surface area is 116 Å². The van der Waals surface area contributed by atoms with Gasteiger partial charge < -0.3 is 10.0 Å². The summed E-state index contributed by atoms with van der Waals surface area (Å²) in [6, 6.07) is -0.392. The van der Waals surface area contributed by atoms with E-state index in [4.69, 9.17) is 0 Å². The third-order valence-corrected chi connectivity index (χ3v) is 3.70. The molecule has 1 unspecified atom stereocenters. The number of rotatable bonds is 3. The van der Waals surface area contributed by atoms with E-state index in [9.17, 15) is 14.7 Å². The van der Waals surface area contributed by atoms with Gasteiger partial charge in [-0.3, -0.25) is 10.1 Å². The third kappa shape index (κ3) is 2.84. The monoisotopic (exact) mass is 279 g/mol. The summed E-state index contributed by atoms with van der Waals surface area (Å²) in [6.07, 6.45) is 4.58. The maximum Gasteiger partial charge on any atom is 0.324 e. The number of likely N-dealkylation sites (tertiary alicyclic amines) is 1. The van der Waals surface area contributed by atoms with Crippen molar-refractivity contribution in [3.05, 3.63) is 12.4 Å². The van der Waals surface area contributed by atoms with Crippen LogP contribution >= 0.6 is 0 Å². The lowest BCUT2D eigenvalue weighted by Gasteiger charge is -2.39. The predicted molar refractivity (Wildman–Crippen MR) is 70.0 cm³/mol. The zero-order valence-corrected chi connectivity index (χ0v) is 11.2. The van der Waals surface area contributed by atoms with E-state index in [-0.39, 0.29) is 12.5 Å². The molecule has 1 aliphatic rings. The Morgan fingerprint density at radius 1 is 1.50 bits per heavy atom. The van der Waals surface area contributed by atoms with E-state index in [0.717, 1.165) is 0 Å². The molecule has 0 saturated carbocycles. The number of hydrogen-bond acceptors (Lipinski definition) is 5. The molecule has 1 aromatic heterocycles. The zero-order chi connectivity index (χ0) is 14.6. The number of hydrogen-bond donors (Lipinski definition) is 2. The highest BCUT2D eigenvalue weighted by Crippen LogP contribution is 2.33. The van der Waals surface area contributed by atoms with Crippen molar-refractivity contribution in [2.75, 3.05) is 18.4 Å². The smallest absolute Gasteiger partial charge is 0.324 e. The van der Waals surface area contributed by atoms with E-state index < -0.39 is 17.4 Å². The predicted octanol–water partition coefficient (Wildman–Crippen LogP) is 0.980. The number of aliphatic carboxylic acids is 1. The van der Waals surface area contributed by atoms with Crippen LogP contribution in [0.4, 0.5) is 10.7 Å². The number of urea groups is 1. The Morgan fingerprint density at radius 2 is 2.30 bits per heavy atom. The number of anilines is 1. The summed E-state index contributed by atoms with van der Waals surface area (Å²) < 4.78 is 0. The molecule has 20 heavy (non-hydrogen) atoms. The van der Waals surface area contributed by atoms with Gasteiger partial charge in [0.2, 0.25) is 0 Å². The molecule has 2 amide bonds. The van der Waals surface area contributed by atoms with E-state index in [1.54, 1.807) is 0 Å². The van der Waals surface area contributed by atoms with Gasteiger partial charge in [-0.15, -0.1) is 5.10 Å². The van der Waals surface area contributed by atoms with Gasteiger partial charge in [-0.05, 0) is 19.3 Å². The first kappa shape index (κ1) is 14.2. The number of piperidine rings is 1. The average Bonchev–Trinajstić information content (AvgIpc) is 2.48. The first-order valence-electron chi connectivity index (χ1n) is 6.50. The van der Waals surface area contributed by atoms with Crippen molar-refractivity contribution in [3.63, 3.8) is 0 Å². The average molecular weight is 279 g/mol. The molecule has 1 atom stereocenters. The summed E-state index contributed by atoms with van der Waals surface area (Å²) in [6.45, 7) is 2.56. The molecule has 108 valence electrons. The molecule has 2 N–H and O–H groups in total. The molecule has 2 heterocycles. The second-order valence-electron chi connectivity index (χ2n) is 4.86. The van der Waals surface area contributed by atoms with Crippen LogP contribution in [0.25, 0.3) is 0 Å². The highest BCUT2D eigenvalue weighted by atomic mass is 16.4. The Hall–Kier alpha value is -2.25. The minimum atomic E-state index is -0.856. The van der Waals surface area contributed by atoms with Gasteiger partial charge in [0, 0.05) is 13.1 Å². The quantitative estimate of drug-likeness (QED) is 0.853. The maximum atomic E-state index is 12.1. The lowest BCUT2D eigenvalue weighted by Crippen LogP contribution is -2.51. The molecule has 0 aliphatic carbocycles. The number of aromatic nitrogens is 3. The summed E-state index contributed by atoms with van der Waals surface area (Å²) in [5, 5.41) is 19.2. The fraction of sp³-hybridized carbons (Fsp3) is 0.583. The summed E-state index contributed by atoms with van der Waals surface area (Å²) in [7, 11) is 0. The second-order valence-corrected chi connectivity index (χ2v) is 4.86. The number of carboxylic acid groups (broad SMARTS) is 1. The van der Waals surface area contributed by atoms with E-state index in [1.165, 1.54) is 17.3 Å². The van der Waals surface area contributed by atoms with Crippen LogP contribution in [0.5, 0.6) is 0 Å². The molecular weight excluding hydrogens is 262 g/mol. The molecule has 8 heteroatoms. The summed E-state index contributed by atoms with van der Waals surface area (Å²) in [5.74, 6) is -0.740. The zero-order valence-electron chi connectivity index (χ0n) is 11.2. The van der Waals surface area contributed by atoms with Crippen LogP contribution in [0.15, 0.2) is 12.4 Å². The summed E-state index contributed by atoms with van der Waals surface area (Å²) in [4.78, 5) is 28.9. The number of carboxylic acids is 1. The van der Waals surface area contributed by atoms with Crippen molar-refractivity contribution >= 4 is 17.9 Å². The normalized spacial score (nSPS) is 22.4. The van der Waals surface area contributed by atoms with Crippen LogP contribution in [0.1, 0.15) is 26.2 Å². The molecule has 0 bridgehead atoms. The maximum absolute atomic E-state index is 12.1. The SMILES string of the molecule is CCC1(C(=O)O)CCCN(C(=O)Nc2nccnn2)C1. The number of carbonyl (C=O) groups excluding carboxylic acids is 1. The molecule has 1 fully saturated rings. The van der Waals surface area contributed by atoms with Gasteiger partial charge in [0.25, 0.3) is 5.95 Å². The standard InChI is InChI=1S/C12H17N5O3/c1-2-12(9(18)19)4-3-7-17(8-12)11(20)15-10-13-5-6-14-16-10/h5-6H,2-4,7-8H2,1H3,(H,18,19)(H,13,15,16,20). The van der Waals surface area contributed by atoms with Gasteiger partial charge in [0.15, 0.2) is 0 Å². The minimum Gasteiger partial charge on any atom is -0.481 e. The van der Waals surface area contributed by atoms with Gasteiger partial charge in [0.1, 0.15) is 0 Å². The van der Waals surface area contributed by atoms with Gasteiger partial charge in [-0.25, -0.2) is 9.78 Å². The van der Waals surface area contributed by atoms with Crippen LogP contribution < -0.4 is 5.32 Å². The molecule has 8 nitrogen and oxygen atoms in total. The van der Waals surface area contributed by atoms with Crippen molar-refractivity contribution in [2.24, 2.45) is 5.41 Å². The van der Waals surface area contributed by atoms with Crippen LogP contribution in [0.2, 0.25) is 0 Å². The van der Waals surface area contributed by atoms with Gasteiger partial charge in [-0.1, -0.05) is 6.92 Å². The van der Waals surface area contributed by atoms with Crippen molar-refractivity contribution in [3.8, 4) is 0 Å². The fourth-order valence-electron chi connectivity index (χ4n) is 2.40. The van der Waals surface area contributed by atoms with E-state index in [0.29, 0.717) is 25.8 Å². The summed E-state index contributed by atoms with van der Waals surface area (Å²) in [5.41, 5.74) is -0.856. The van der Waals surface area contributed by atoms with Crippen LogP contribution in [-0.4, -0.2) is 50.3 Å². The van der Waals surface area contributed by atoms with Crippen molar-refractivity contribution < 1.29 is 14.7 Å². The molecule has 0 aromatic carbocycles. The number of amides is 2. The molecule has 0 radical (unpaired) electrons. The minimum absolute atomic E-state index is 0.112. The molecule has 1 aliphatic heterocycles. The number of nitrogens with one attached hydrogen (secondary N) is 1.